The Morgan fingerprint density at radius 3 is 1.26 bits per heavy atom. The number of anilines is 2. The summed E-state index contributed by atoms with van der Waals surface area (Å²) in [5.74, 6) is 12.7. The Bertz CT molecular complexity index is 2940. The highest BCUT2D eigenvalue weighted by molar-refractivity contribution is 9.10. The van der Waals surface area contributed by atoms with Crippen LogP contribution in [0.25, 0.3) is 11.1 Å². The molecule has 7 rings (SSSR count). The molecule has 18 heteroatoms. The van der Waals surface area contributed by atoms with E-state index in [1.54, 1.807) is 19.1 Å². The molecule has 0 atom stereocenters. The Kier molecular flexibility index (Phi) is 22.7. The van der Waals surface area contributed by atoms with Crippen molar-refractivity contribution >= 4 is 64.4 Å². The van der Waals surface area contributed by atoms with Crippen LogP contribution in [-0.2, 0) is 38.0 Å². The van der Waals surface area contributed by atoms with E-state index in [1.807, 2.05) is 98.8 Å². The lowest BCUT2D eigenvalue weighted by Gasteiger charge is -2.32. The molecule has 0 spiro atoms. The average molecular weight is 1040 g/mol. The summed E-state index contributed by atoms with van der Waals surface area (Å²) in [6.07, 6.45) is 1.55. The number of hydrogen-bond acceptors (Lipinski definition) is 14. The molecule has 6 aromatic rings. The number of carbonyl (C=O) groups excluding carboxylic acids is 6. The maximum atomic E-state index is 11.5. The molecule has 16 nitrogen and oxygen atoms in total. The number of aromatic nitrogens is 2. The second kappa shape index (κ2) is 28.0. The molecule has 4 aromatic carbocycles. The van der Waals surface area contributed by atoms with Gasteiger partial charge in [-0.25, -0.2) is 9.59 Å². The fourth-order valence-electron chi connectivity index (χ4n) is 5.92. The summed E-state index contributed by atoms with van der Waals surface area (Å²) in [5.41, 5.74) is 10.4. The van der Waals surface area contributed by atoms with Crippen molar-refractivity contribution in [3.05, 3.63) is 171 Å². The molecule has 2 aromatic heterocycles. The van der Waals surface area contributed by atoms with Crippen LogP contribution in [-0.4, -0.2) is 77.4 Å². The van der Waals surface area contributed by atoms with Crippen LogP contribution in [0, 0.1) is 51.4 Å². The van der Waals surface area contributed by atoms with Crippen LogP contribution < -0.4 is 15.6 Å². The van der Waals surface area contributed by atoms with Crippen LogP contribution in [0.15, 0.2) is 126 Å². The Balaban J connectivity index is 0.000000282. The predicted octanol–water partition coefficient (Wildman–Crippen LogP) is 9.37. The van der Waals surface area contributed by atoms with Gasteiger partial charge in [-0.15, -0.1) is 0 Å². The Morgan fingerprint density at radius 1 is 0.569 bits per heavy atom. The number of aryl methyl sites for hydroxylation is 4. The molecule has 0 radical (unpaired) electrons. The summed E-state index contributed by atoms with van der Waals surface area (Å²) in [7, 11) is 2.06. The Labute approximate surface area is 427 Å². The summed E-state index contributed by atoms with van der Waals surface area (Å²) in [6, 6.07) is 35.4. The Hall–Kier alpha value is -8.02. The van der Waals surface area contributed by atoms with E-state index in [1.165, 1.54) is 37.7 Å². The van der Waals surface area contributed by atoms with Crippen molar-refractivity contribution in [1.29, 1.82) is 0 Å². The standard InChI is InChI=1S/C23H20N2O3.C21H23BO2.C8H9BrN2O3.2CO2/c1-16-4-6-18(7-5-16)8-9-19-10-12-20(13-11-19)22-14-21(15-24-17(22)2)25(27)23(26)28-3;1-16-6-8-17(9-7-16)10-11-18-12-14-19(15-13-18)22-23-20(2,3)21(4,5)24-22;1-5-7(9)3-6(4-10-5)11(13)8(12)14-2;2*2-1-3/h4-7,10-15,27H,1-3H3;6-9,12-15H,1-5H3;3-4,13H,1-2H3;;. The molecule has 1 aliphatic heterocycles. The minimum absolute atomic E-state index is 0.232. The first kappa shape index (κ1) is 58.3. The highest BCUT2D eigenvalue weighted by atomic mass is 79.9. The van der Waals surface area contributed by atoms with Crippen molar-refractivity contribution < 1.29 is 58.0 Å². The van der Waals surface area contributed by atoms with Crippen molar-refractivity contribution in [2.45, 2.75) is 66.6 Å². The maximum absolute atomic E-state index is 11.5. The number of benzene rings is 4. The van der Waals surface area contributed by atoms with Crippen LogP contribution in [0.4, 0.5) is 21.0 Å². The van der Waals surface area contributed by atoms with E-state index in [4.69, 9.17) is 28.5 Å². The topological polar surface area (TPSA) is 212 Å². The zero-order valence-corrected chi connectivity index (χ0v) is 42.9. The molecule has 0 aliphatic carbocycles. The highest BCUT2D eigenvalue weighted by Crippen LogP contribution is 2.36. The normalized spacial score (nSPS) is 12.0. The van der Waals surface area contributed by atoms with Crippen molar-refractivity contribution in [2.75, 3.05) is 24.3 Å². The second-order valence-corrected chi connectivity index (χ2v) is 17.2. The lowest BCUT2D eigenvalue weighted by molar-refractivity contribution is -0.193. The SMILES string of the molecule is COC(=O)N(O)c1cnc(C)c(-c2ccc(C#Cc3ccc(C)cc3)cc2)c1.COC(=O)N(O)c1cnc(C)c(Br)c1.Cc1ccc(C#Cc2ccc(B3OC(C)(C)C(C)(C)O3)cc2)cc1.O=C=O.O=C=O. The summed E-state index contributed by atoms with van der Waals surface area (Å²) >= 11 is 3.23. The van der Waals surface area contributed by atoms with E-state index in [9.17, 15) is 20.0 Å². The number of ether oxygens (including phenoxy) is 2. The molecule has 1 aliphatic rings. The molecule has 0 bridgehead atoms. The van der Waals surface area contributed by atoms with Gasteiger partial charge in [0.1, 0.15) is 0 Å². The molecular formula is C54H52BBrN4O12. The zero-order valence-electron chi connectivity index (χ0n) is 41.3. The number of rotatable bonds is 4. The van der Waals surface area contributed by atoms with Gasteiger partial charge in [0, 0.05) is 38.0 Å². The van der Waals surface area contributed by atoms with E-state index >= 15 is 0 Å². The monoisotopic (exact) mass is 1040 g/mol. The molecule has 370 valence electrons. The second-order valence-electron chi connectivity index (χ2n) is 16.3. The maximum Gasteiger partial charge on any atom is 0.494 e. The van der Waals surface area contributed by atoms with Crippen molar-refractivity contribution in [3.63, 3.8) is 0 Å². The van der Waals surface area contributed by atoms with Gasteiger partial charge in [-0.2, -0.15) is 29.3 Å². The fourth-order valence-corrected chi connectivity index (χ4v) is 6.26. The summed E-state index contributed by atoms with van der Waals surface area (Å²) < 4.78 is 21.7. The molecule has 2 N–H and O–H groups in total. The van der Waals surface area contributed by atoms with Gasteiger partial charge in [-0.05, 0) is 143 Å². The lowest BCUT2D eigenvalue weighted by Crippen LogP contribution is -2.41. The molecule has 1 fully saturated rings. The van der Waals surface area contributed by atoms with Crippen LogP contribution in [0.3, 0.4) is 0 Å². The van der Waals surface area contributed by atoms with E-state index in [0.29, 0.717) is 14.6 Å². The molecular weight excluding hydrogens is 987 g/mol. The quantitative estimate of drug-likeness (QED) is 0.0729. The van der Waals surface area contributed by atoms with Crippen LogP contribution >= 0.6 is 15.9 Å². The van der Waals surface area contributed by atoms with Gasteiger partial charge in [0.25, 0.3) is 0 Å². The van der Waals surface area contributed by atoms with E-state index in [-0.39, 0.29) is 42.0 Å². The third-order valence-corrected chi connectivity index (χ3v) is 11.5. The first-order chi connectivity index (χ1) is 34.1. The summed E-state index contributed by atoms with van der Waals surface area (Å²) in [6.45, 7) is 16.0. The van der Waals surface area contributed by atoms with Crippen molar-refractivity contribution in [1.82, 2.24) is 9.97 Å². The summed E-state index contributed by atoms with van der Waals surface area (Å²) in [5, 5.41) is 20.0. The smallest absolute Gasteiger partial charge is 0.451 e. The van der Waals surface area contributed by atoms with Gasteiger partial charge in [-0.1, -0.05) is 83.3 Å². The number of methoxy groups -OCH3 is 2. The largest absolute Gasteiger partial charge is 0.494 e. The molecule has 1 saturated heterocycles. The summed E-state index contributed by atoms with van der Waals surface area (Å²) in [4.78, 5) is 63.1. The number of hydrogen-bond donors (Lipinski definition) is 2. The van der Waals surface area contributed by atoms with Gasteiger partial charge >= 0.3 is 31.6 Å². The van der Waals surface area contributed by atoms with Crippen LogP contribution in [0.1, 0.15) is 72.5 Å². The lowest BCUT2D eigenvalue weighted by atomic mass is 9.79. The fraction of sp³-hybridized carbons (Fsp3) is 0.222. The minimum Gasteiger partial charge on any atom is -0.451 e. The number of carbonyl (C=O) groups is 2. The van der Waals surface area contributed by atoms with E-state index < -0.39 is 12.2 Å². The molecule has 0 saturated carbocycles. The number of nitrogens with zero attached hydrogens (tertiary/aromatic N) is 4. The van der Waals surface area contributed by atoms with Crippen molar-refractivity contribution in [3.8, 4) is 34.8 Å². The third kappa shape index (κ3) is 17.4. The first-order valence-electron chi connectivity index (χ1n) is 21.6. The van der Waals surface area contributed by atoms with Crippen LogP contribution in [0.2, 0.25) is 0 Å². The minimum atomic E-state index is -0.877. The first-order valence-corrected chi connectivity index (χ1v) is 22.4. The van der Waals surface area contributed by atoms with Gasteiger partial charge in [0.15, 0.2) is 0 Å². The number of pyridine rings is 2. The van der Waals surface area contributed by atoms with Crippen molar-refractivity contribution in [2.24, 2.45) is 0 Å². The molecule has 72 heavy (non-hydrogen) atoms. The third-order valence-electron chi connectivity index (χ3n) is 10.7. The van der Waals surface area contributed by atoms with Gasteiger partial charge in [-0.3, -0.25) is 20.4 Å². The number of hydroxylamine groups is 2. The number of amides is 2. The van der Waals surface area contributed by atoms with Gasteiger partial charge < -0.3 is 18.8 Å². The highest BCUT2D eigenvalue weighted by Gasteiger charge is 2.51. The molecule has 0 unspecified atom stereocenters. The van der Waals surface area contributed by atoms with Gasteiger partial charge in [0.2, 0.25) is 0 Å². The predicted molar refractivity (Wildman–Crippen MR) is 271 cm³/mol. The molecule has 2 amide bonds. The van der Waals surface area contributed by atoms with Crippen LogP contribution in [0.5, 0.6) is 0 Å². The molecule has 3 heterocycles. The van der Waals surface area contributed by atoms with E-state index in [0.717, 1.165) is 50.2 Å². The van der Waals surface area contributed by atoms with Gasteiger partial charge in [0.05, 0.1) is 54.9 Å². The van der Waals surface area contributed by atoms with E-state index in [2.05, 4.69) is 106 Å². The average Bonchev–Trinajstić information content (AvgIpc) is 3.60. The Morgan fingerprint density at radius 2 is 0.903 bits per heavy atom. The zero-order chi connectivity index (χ0) is 53.6. The number of halogens is 1.